The van der Waals surface area contributed by atoms with E-state index in [9.17, 15) is 0 Å². The Balaban J connectivity index is 2.16. The average molecular weight is 361 g/mol. The molecule has 0 saturated heterocycles. The summed E-state index contributed by atoms with van der Waals surface area (Å²) in [7, 11) is 1.64. The van der Waals surface area contributed by atoms with Gasteiger partial charge in [0, 0.05) is 38.4 Å². The molecule has 0 aliphatic heterocycles. The molecule has 0 bridgehead atoms. The van der Waals surface area contributed by atoms with Gasteiger partial charge >= 0.3 is 0 Å². The Kier molecular flexibility index (Phi) is 4.97. The van der Waals surface area contributed by atoms with Crippen LogP contribution in [0.5, 0.6) is 5.75 Å². The summed E-state index contributed by atoms with van der Waals surface area (Å²) in [6.45, 7) is 0.554. The van der Waals surface area contributed by atoms with Crippen LogP contribution < -0.4 is 10.1 Å². The lowest BCUT2D eigenvalue weighted by Gasteiger charge is -2.11. The van der Waals surface area contributed by atoms with Crippen LogP contribution in [0, 0.1) is 0 Å². The lowest BCUT2D eigenvalue weighted by molar-refractivity contribution is 0.414. The van der Waals surface area contributed by atoms with E-state index in [2.05, 4.69) is 21.2 Å². The van der Waals surface area contributed by atoms with E-state index in [0.29, 0.717) is 16.6 Å². The van der Waals surface area contributed by atoms with Gasteiger partial charge in [0.2, 0.25) is 0 Å². The second kappa shape index (κ2) is 6.51. The fraction of sp³-hybridized carbons (Fsp3) is 0.143. The monoisotopic (exact) mass is 359 g/mol. The molecule has 0 unspecified atom stereocenters. The quantitative estimate of drug-likeness (QED) is 0.790. The Morgan fingerprint density at radius 1 is 1.16 bits per heavy atom. The highest BCUT2D eigenvalue weighted by molar-refractivity contribution is 9.10. The van der Waals surface area contributed by atoms with Gasteiger partial charge in [-0.1, -0.05) is 45.2 Å². The standard InChI is InChI=1S/C14H12BrCl2NO/c1-19-11-6-9(15)5-10(7-11)18-8-12-13(16)3-2-4-14(12)17/h2-7,18H,8H2,1H3. The van der Waals surface area contributed by atoms with Crippen LogP contribution in [0.2, 0.25) is 10.0 Å². The Morgan fingerprint density at radius 3 is 2.47 bits per heavy atom. The predicted molar refractivity (Wildman–Crippen MR) is 84.5 cm³/mol. The van der Waals surface area contributed by atoms with E-state index in [1.165, 1.54) is 0 Å². The van der Waals surface area contributed by atoms with E-state index in [4.69, 9.17) is 27.9 Å². The van der Waals surface area contributed by atoms with Crippen LogP contribution in [0.4, 0.5) is 5.69 Å². The van der Waals surface area contributed by atoms with E-state index in [1.807, 2.05) is 36.4 Å². The minimum absolute atomic E-state index is 0.554. The molecular formula is C14H12BrCl2NO. The molecule has 100 valence electrons. The van der Waals surface area contributed by atoms with Gasteiger partial charge in [0.05, 0.1) is 7.11 Å². The van der Waals surface area contributed by atoms with Gasteiger partial charge in [-0.15, -0.1) is 0 Å². The Labute approximate surface area is 130 Å². The van der Waals surface area contributed by atoms with Crippen LogP contribution in [0.25, 0.3) is 0 Å². The summed E-state index contributed by atoms with van der Waals surface area (Å²) in [6.07, 6.45) is 0. The molecule has 0 aromatic heterocycles. The number of halogens is 3. The van der Waals surface area contributed by atoms with Crippen molar-refractivity contribution in [1.82, 2.24) is 0 Å². The summed E-state index contributed by atoms with van der Waals surface area (Å²) >= 11 is 15.7. The van der Waals surface area contributed by atoms with Gasteiger partial charge in [0.1, 0.15) is 5.75 Å². The molecule has 0 atom stereocenters. The number of ether oxygens (including phenoxy) is 1. The highest BCUT2D eigenvalue weighted by Crippen LogP contribution is 2.28. The average Bonchev–Trinajstić information content (AvgIpc) is 2.37. The summed E-state index contributed by atoms with van der Waals surface area (Å²) in [5, 5.41) is 4.59. The largest absolute Gasteiger partial charge is 0.497 e. The fourth-order valence-electron chi connectivity index (χ4n) is 1.67. The van der Waals surface area contributed by atoms with Crippen molar-refractivity contribution in [3.8, 4) is 5.75 Å². The van der Waals surface area contributed by atoms with Crippen molar-refractivity contribution < 1.29 is 4.74 Å². The number of rotatable bonds is 4. The van der Waals surface area contributed by atoms with Crippen molar-refractivity contribution in [2.45, 2.75) is 6.54 Å². The van der Waals surface area contributed by atoms with Gasteiger partial charge in [-0.2, -0.15) is 0 Å². The van der Waals surface area contributed by atoms with E-state index in [-0.39, 0.29) is 0 Å². The first-order chi connectivity index (χ1) is 9.10. The highest BCUT2D eigenvalue weighted by Gasteiger charge is 2.06. The Morgan fingerprint density at radius 2 is 1.84 bits per heavy atom. The zero-order valence-electron chi connectivity index (χ0n) is 10.2. The molecule has 0 heterocycles. The van der Waals surface area contributed by atoms with Crippen LogP contribution in [0.3, 0.4) is 0 Å². The molecule has 0 saturated carbocycles. The molecule has 0 radical (unpaired) electrons. The molecule has 2 aromatic rings. The number of anilines is 1. The van der Waals surface area contributed by atoms with Crippen LogP contribution in [-0.2, 0) is 6.54 Å². The first-order valence-corrected chi connectivity index (χ1v) is 7.16. The molecule has 1 N–H and O–H groups in total. The molecule has 0 fully saturated rings. The number of hydrogen-bond acceptors (Lipinski definition) is 2. The first kappa shape index (κ1) is 14.5. The molecule has 0 aliphatic rings. The van der Waals surface area contributed by atoms with Crippen LogP contribution in [0.15, 0.2) is 40.9 Å². The molecule has 0 aliphatic carbocycles. The van der Waals surface area contributed by atoms with Crippen molar-refractivity contribution >= 4 is 44.8 Å². The van der Waals surface area contributed by atoms with Gasteiger partial charge in [-0.3, -0.25) is 0 Å². The SMILES string of the molecule is COc1cc(Br)cc(NCc2c(Cl)cccc2Cl)c1. The number of benzene rings is 2. The van der Waals surface area contributed by atoms with E-state index in [1.54, 1.807) is 7.11 Å². The first-order valence-electron chi connectivity index (χ1n) is 5.61. The summed E-state index contributed by atoms with van der Waals surface area (Å²) in [5.74, 6) is 0.780. The topological polar surface area (TPSA) is 21.3 Å². The highest BCUT2D eigenvalue weighted by atomic mass is 79.9. The maximum atomic E-state index is 6.13. The fourth-order valence-corrected chi connectivity index (χ4v) is 2.68. The third-order valence-electron chi connectivity index (χ3n) is 2.64. The minimum Gasteiger partial charge on any atom is -0.497 e. The maximum Gasteiger partial charge on any atom is 0.122 e. The maximum absolute atomic E-state index is 6.13. The van der Waals surface area contributed by atoms with E-state index < -0.39 is 0 Å². The van der Waals surface area contributed by atoms with Gasteiger partial charge in [-0.05, 0) is 24.3 Å². The zero-order chi connectivity index (χ0) is 13.8. The second-order valence-corrected chi connectivity index (χ2v) is 5.66. The minimum atomic E-state index is 0.554. The molecule has 0 amide bonds. The summed E-state index contributed by atoms with van der Waals surface area (Å²) in [5.41, 5.74) is 1.81. The van der Waals surface area contributed by atoms with Gasteiger partial charge in [0.15, 0.2) is 0 Å². The van der Waals surface area contributed by atoms with Crippen molar-refractivity contribution in [3.63, 3.8) is 0 Å². The van der Waals surface area contributed by atoms with Gasteiger partial charge in [-0.25, -0.2) is 0 Å². The summed E-state index contributed by atoms with van der Waals surface area (Å²) < 4.78 is 6.16. The van der Waals surface area contributed by atoms with Crippen molar-refractivity contribution in [2.75, 3.05) is 12.4 Å². The Hall–Kier alpha value is -0.900. The normalized spacial score (nSPS) is 10.3. The smallest absolute Gasteiger partial charge is 0.122 e. The zero-order valence-corrected chi connectivity index (χ0v) is 13.3. The number of methoxy groups -OCH3 is 1. The van der Waals surface area contributed by atoms with Crippen LogP contribution in [0.1, 0.15) is 5.56 Å². The lowest BCUT2D eigenvalue weighted by atomic mass is 10.2. The summed E-state index contributed by atoms with van der Waals surface area (Å²) in [4.78, 5) is 0. The van der Waals surface area contributed by atoms with Crippen molar-refractivity contribution in [2.24, 2.45) is 0 Å². The van der Waals surface area contributed by atoms with Gasteiger partial charge < -0.3 is 10.1 Å². The molecule has 2 rings (SSSR count). The number of hydrogen-bond donors (Lipinski definition) is 1. The van der Waals surface area contributed by atoms with Crippen LogP contribution >= 0.6 is 39.1 Å². The number of nitrogens with one attached hydrogen (secondary N) is 1. The van der Waals surface area contributed by atoms with E-state index >= 15 is 0 Å². The van der Waals surface area contributed by atoms with E-state index in [0.717, 1.165) is 21.5 Å². The lowest BCUT2D eigenvalue weighted by Crippen LogP contribution is -2.01. The predicted octanol–water partition coefficient (Wildman–Crippen LogP) is 5.38. The molecular weight excluding hydrogens is 349 g/mol. The van der Waals surface area contributed by atoms with Crippen molar-refractivity contribution in [1.29, 1.82) is 0 Å². The molecule has 0 spiro atoms. The molecule has 2 aromatic carbocycles. The third kappa shape index (κ3) is 3.78. The second-order valence-electron chi connectivity index (χ2n) is 3.93. The molecule has 2 nitrogen and oxygen atoms in total. The third-order valence-corrected chi connectivity index (χ3v) is 3.80. The summed E-state index contributed by atoms with van der Waals surface area (Å²) in [6, 6.07) is 11.3. The molecule has 19 heavy (non-hydrogen) atoms. The van der Waals surface area contributed by atoms with Gasteiger partial charge in [0.25, 0.3) is 0 Å². The molecule has 5 heteroatoms. The Bertz CT molecular complexity index is 569. The van der Waals surface area contributed by atoms with Crippen LogP contribution in [-0.4, -0.2) is 7.11 Å². The van der Waals surface area contributed by atoms with Crippen molar-refractivity contribution in [3.05, 3.63) is 56.5 Å².